The number of hydrogen-bond donors (Lipinski definition) is 2. The summed E-state index contributed by atoms with van der Waals surface area (Å²) in [5.74, 6) is 0. The third kappa shape index (κ3) is 3.88. The summed E-state index contributed by atoms with van der Waals surface area (Å²) in [5, 5.41) is 0.801. The lowest BCUT2D eigenvalue weighted by Crippen LogP contribution is -2.10. The Hall–Kier alpha value is -0.220. The molecule has 0 radical (unpaired) electrons. The summed E-state index contributed by atoms with van der Waals surface area (Å²) in [5.41, 5.74) is 6.56. The van der Waals surface area contributed by atoms with Crippen molar-refractivity contribution < 1.29 is 0 Å². The number of aryl methyl sites for hydroxylation is 1. The van der Waals surface area contributed by atoms with Crippen LogP contribution in [0.25, 0.3) is 0 Å². The molecule has 1 aromatic carbocycles. The van der Waals surface area contributed by atoms with Gasteiger partial charge in [0.15, 0.2) is 0 Å². The fourth-order valence-corrected chi connectivity index (χ4v) is 2.04. The average molecular weight is 231 g/mol. The van der Waals surface area contributed by atoms with Crippen molar-refractivity contribution in [1.82, 2.24) is 4.72 Å². The first-order chi connectivity index (χ1) is 6.74. The molecule has 3 N–H and O–H groups in total. The Morgan fingerprint density at radius 1 is 1.50 bits per heavy atom. The van der Waals surface area contributed by atoms with Crippen LogP contribution in [0.5, 0.6) is 0 Å². The van der Waals surface area contributed by atoms with Crippen molar-refractivity contribution in [3.8, 4) is 0 Å². The maximum atomic E-state index is 6.06. The van der Waals surface area contributed by atoms with Gasteiger partial charge in [-0.15, -0.1) is 0 Å². The van der Waals surface area contributed by atoms with Gasteiger partial charge in [-0.3, -0.25) is 4.72 Å². The normalized spacial score (nSPS) is 10.5. The Balaban J connectivity index is 2.42. The molecule has 0 aliphatic rings. The van der Waals surface area contributed by atoms with Gasteiger partial charge in [-0.25, -0.2) is 0 Å². The van der Waals surface area contributed by atoms with Crippen molar-refractivity contribution in [3.63, 3.8) is 0 Å². The first-order valence-electron chi connectivity index (χ1n) is 4.60. The number of nitrogens with one attached hydrogen (secondary N) is 1. The van der Waals surface area contributed by atoms with Crippen molar-refractivity contribution in [3.05, 3.63) is 28.8 Å². The van der Waals surface area contributed by atoms with Gasteiger partial charge in [0.1, 0.15) is 0 Å². The van der Waals surface area contributed by atoms with Gasteiger partial charge in [0.05, 0.1) is 5.02 Å². The number of rotatable bonds is 5. The van der Waals surface area contributed by atoms with Crippen LogP contribution in [0.3, 0.4) is 0 Å². The highest BCUT2D eigenvalue weighted by Crippen LogP contribution is 2.25. The lowest BCUT2D eigenvalue weighted by molar-refractivity contribution is 0.809. The van der Waals surface area contributed by atoms with E-state index in [0.717, 1.165) is 29.4 Å². The van der Waals surface area contributed by atoms with E-state index in [0.29, 0.717) is 0 Å². The van der Waals surface area contributed by atoms with Crippen molar-refractivity contribution in [2.45, 2.75) is 18.2 Å². The van der Waals surface area contributed by atoms with Crippen LogP contribution in [0.15, 0.2) is 23.1 Å². The Labute approximate surface area is 94.3 Å². The maximum absolute atomic E-state index is 6.06. The first kappa shape index (κ1) is 11.9. The molecule has 0 fully saturated rings. The van der Waals surface area contributed by atoms with Crippen LogP contribution in [0, 0.1) is 6.92 Å². The van der Waals surface area contributed by atoms with Gasteiger partial charge in [-0.2, -0.15) is 0 Å². The summed E-state index contributed by atoms with van der Waals surface area (Å²) in [6.07, 6.45) is 0.983. The molecule has 0 aliphatic heterocycles. The summed E-state index contributed by atoms with van der Waals surface area (Å²) in [6.45, 7) is 3.66. The van der Waals surface area contributed by atoms with Crippen LogP contribution in [0.4, 0.5) is 0 Å². The molecule has 2 nitrogen and oxygen atoms in total. The lowest BCUT2D eigenvalue weighted by atomic mass is 10.2. The predicted molar refractivity (Wildman–Crippen MR) is 63.7 cm³/mol. The van der Waals surface area contributed by atoms with Crippen LogP contribution >= 0.6 is 23.5 Å². The number of halogens is 1. The predicted octanol–water partition coefficient (Wildman–Crippen LogP) is 2.59. The highest BCUT2D eigenvalue weighted by Gasteiger charge is 2.00. The molecule has 0 aromatic heterocycles. The van der Waals surface area contributed by atoms with Gasteiger partial charge in [-0.1, -0.05) is 17.7 Å². The molecule has 0 heterocycles. The number of benzene rings is 1. The Morgan fingerprint density at radius 3 is 2.93 bits per heavy atom. The van der Waals surface area contributed by atoms with Gasteiger partial charge in [0.25, 0.3) is 0 Å². The molecular weight excluding hydrogens is 216 g/mol. The summed E-state index contributed by atoms with van der Waals surface area (Å²) >= 11 is 7.61. The van der Waals surface area contributed by atoms with E-state index >= 15 is 0 Å². The standard InChI is InChI=1S/C10H15ClN2S/c1-8-3-4-10(9(11)7-8)14-13-6-2-5-12/h3-4,7,13H,2,5-6,12H2,1H3. The number of nitrogens with two attached hydrogens (primary N) is 1. The van der Waals surface area contributed by atoms with Crippen LogP contribution in [-0.4, -0.2) is 13.1 Å². The van der Waals surface area contributed by atoms with Gasteiger partial charge < -0.3 is 5.73 Å². The monoisotopic (exact) mass is 230 g/mol. The smallest absolute Gasteiger partial charge is 0.0557 e. The Morgan fingerprint density at radius 2 is 2.29 bits per heavy atom. The minimum absolute atomic E-state index is 0.717. The molecule has 4 heteroatoms. The van der Waals surface area contributed by atoms with Crippen LogP contribution < -0.4 is 10.5 Å². The summed E-state index contributed by atoms with van der Waals surface area (Å²) in [7, 11) is 0. The van der Waals surface area contributed by atoms with E-state index in [1.54, 1.807) is 11.9 Å². The quantitative estimate of drug-likeness (QED) is 0.603. The molecule has 0 saturated heterocycles. The summed E-state index contributed by atoms with van der Waals surface area (Å²) in [6, 6.07) is 6.05. The Kier molecular flexibility index (Phi) is 5.33. The molecule has 0 amide bonds. The van der Waals surface area contributed by atoms with E-state index in [9.17, 15) is 0 Å². The molecule has 0 saturated carbocycles. The maximum Gasteiger partial charge on any atom is 0.0557 e. The fraction of sp³-hybridized carbons (Fsp3) is 0.400. The second-order valence-electron chi connectivity index (χ2n) is 3.07. The van der Waals surface area contributed by atoms with E-state index in [1.165, 1.54) is 5.56 Å². The second kappa shape index (κ2) is 6.30. The van der Waals surface area contributed by atoms with Crippen LogP contribution in [0.2, 0.25) is 5.02 Å². The average Bonchev–Trinajstić information content (AvgIpc) is 2.15. The van der Waals surface area contributed by atoms with E-state index < -0.39 is 0 Å². The van der Waals surface area contributed by atoms with Gasteiger partial charge in [-0.05, 0) is 49.5 Å². The van der Waals surface area contributed by atoms with E-state index in [-0.39, 0.29) is 0 Å². The van der Waals surface area contributed by atoms with E-state index in [1.807, 2.05) is 19.1 Å². The van der Waals surface area contributed by atoms with Gasteiger partial charge in [0.2, 0.25) is 0 Å². The van der Waals surface area contributed by atoms with Crippen LogP contribution in [0.1, 0.15) is 12.0 Å². The topological polar surface area (TPSA) is 38.0 Å². The molecule has 1 aromatic rings. The molecular formula is C10H15ClN2S. The summed E-state index contributed by atoms with van der Waals surface area (Å²) in [4.78, 5) is 1.06. The molecule has 0 spiro atoms. The lowest BCUT2D eigenvalue weighted by Gasteiger charge is -2.05. The molecule has 0 bridgehead atoms. The zero-order valence-corrected chi connectivity index (χ0v) is 9.79. The summed E-state index contributed by atoms with van der Waals surface area (Å²) < 4.78 is 3.22. The highest BCUT2D eigenvalue weighted by molar-refractivity contribution is 7.97. The van der Waals surface area contributed by atoms with Gasteiger partial charge >= 0.3 is 0 Å². The third-order valence-electron chi connectivity index (χ3n) is 1.75. The fourth-order valence-electron chi connectivity index (χ4n) is 0.992. The molecule has 78 valence electrons. The zero-order chi connectivity index (χ0) is 10.4. The zero-order valence-electron chi connectivity index (χ0n) is 8.22. The largest absolute Gasteiger partial charge is 0.330 e. The van der Waals surface area contributed by atoms with Crippen molar-refractivity contribution in [1.29, 1.82) is 0 Å². The SMILES string of the molecule is Cc1ccc(SNCCCN)c(Cl)c1. The third-order valence-corrected chi connectivity index (χ3v) is 3.10. The van der Waals surface area contributed by atoms with Crippen molar-refractivity contribution >= 4 is 23.5 Å². The van der Waals surface area contributed by atoms with Crippen LogP contribution in [-0.2, 0) is 0 Å². The van der Waals surface area contributed by atoms with Gasteiger partial charge in [0, 0.05) is 11.4 Å². The molecule has 0 unspecified atom stereocenters. The number of hydrogen-bond acceptors (Lipinski definition) is 3. The molecule has 1 rings (SSSR count). The minimum atomic E-state index is 0.717. The van der Waals surface area contributed by atoms with Crippen molar-refractivity contribution in [2.75, 3.05) is 13.1 Å². The minimum Gasteiger partial charge on any atom is -0.330 e. The van der Waals surface area contributed by atoms with Crippen molar-refractivity contribution in [2.24, 2.45) is 5.73 Å². The first-order valence-corrected chi connectivity index (χ1v) is 5.79. The highest BCUT2D eigenvalue weighted by atomic mass is 35.5. The molecule has 14 heavy (non-hydrogen) atoms. The molecule has 0 aliphatic carbocycles. The second-order valence-corrected chi connectivity index (χ2v) is 4.41. The molecule has 0 atom stereocenters. The Bertz CT molecular complexity index is 291. The van der Waals surface area contributed by atoms with E-state index in [2.05, 4.69) is 10.8 Å². The van der Waals surface area contributed by atoms with E-state index in [4.69, 9.17) is 17.3 Å².